The van der Waals surface area contributed by atoms with E-state index in [-0.39, 0.29) is 39.4 Å². The standard InChI is InChI=1S/C15H20N2O4S2.C6H7N/c1-3-5-7-9-11(15(18)19)10(8-6-4-2)14(23(17,20)21)13(22)12(9)16;7-6-4-2-1-3-5-6/h3-6,22H,7-8,16H2,1-2H3,(H,18,19)(H2,17,20,21);1-5H,7H2. The van der Waals surface area contributed by atoms with Gasteiger partial charge >= 0.3 is 5.97 Å². The molecule has 0 unspecified atom stereocenters. The smallest absolute Gasteiger partial charge is 0.336 e. The molecular formula is C21H27N3O4S2. The number of anilines is 2. The van der Waals surface area contributed by atoms with Crippen LogP contribution in [-0.2, 0) is 22.9 Å². The summed E-state index contributed by atoms with van der Waals surface area (Å²) in [5.41, 5.74) is 12.4. The molecule has 0 bridgehead atoms. The number of rotatable bonds is 6. The highest BCUT2D eigenvalue weighted by Gasteiger charge is 2.28. The number of hydrogen-bond donors (Lipinski definition) is 5. The van der Waals surface area contributed by atoms with E-state index < -0.39 is 16.0 Å². The molecular weight excluding hydrogens is 422 g/mol. The van der Waals surface area contributed by atoms with Crippen LogP contribution in [0.2, 0.25) is 0 Å². The molecule has 0 atom stereocenters. The molecule has 0 aromatic heterocycles. The largest absolute Gasteiger partial charge is 0.478 e. The van der Waals surface area contributed by atoms with Gasteiger partial charge in [0.2, 0.25) is 10.0 Å². The van der Waals surface area contributed by atoms with Gasteiger partial charge in [0, 0.05) is 10.6 Å². The highest BCUT2D eigenvalue weighted by atomic mass is 32.2. The average Bonchev–Trinajstić information content (AvgIpc) is 2.67. The number of carboxylic acids is 1. The second-order valence-corrected chi connectivity index (χ2v) is 8.18. The van der Waals surface area contributed by atoms with Crippen molar-refractivity contribution in [2.75, 3.05) is 11.5 Å². The number of sulfonamides is 1. The fraction of sp³-hybridized carbons (Fsp3) is 0.190. The lowest BCUT2D eigenvalue weighted by Gasteiger charge is -2.19. The quantitative estimate of drug-likeness (QED) is 0.259. The molecule has 2 rings (SSSR count). The summed E-state index contributed by atoms with van der Waals surface area (Å²) in [4.78, 5) is 11.4. The van der Waals surface area contributed by atoms with E-state index in [0.717, 1.165) is 5.69 Å². The molecule has 0 amide bonds. The summed E-state index contributed by atoms with van der Waals surface area (Å²) in [7, 11) is -4.18. The van der Waals surface area contributed by atoms with Gasteiger partial charge in [-0.2, -0.15) is 0 Å². The van der Waals surface area contributed by atoms with Crippen LogP contribution in [-0.4, -0.2) is 19.5 Å². The molecule has 0 aliphatic heterocycles. The van der Waals surface area contributed by atoms with Crippen molar-refractivity contribution >= 4 is 40.0 Å². The molecule has 2 aromatic rings. The first-order chi connectivity index (χ1) is 14.1. The van der Waals surface area contributed by atoms with Crippen molar-refractivity contribution in [1.82, 2.24) is 0 Å². The molecule has 0 saturated heterocycles. The number of hydrogen-bond acceptors (Lipinski definition) is 6. The maximum absolute atomic E-state index is 11.9. The van der Waals surface area contributed by atoms with Gasteiger partial charge in [-0.15, -0.1) is 12.6 Å². The van der Waals surface area contributed by atoms with Gasteiger partial charge in [0.1, 0.15) is 4.90 Å². The molecule has 162 valence electrons. The minimum absolute atomic E-state index is 0.0112. The van der Waals surface area contributed by atoms with Gasteiger partial charge in [0.25, 0.3) is 0 Å². The molecule has 30 heavy (non-hydrogen) atoms. The van der Waals surface area contributed by atoms with Gasteiger partial charge in [-0.25, -0.2) is 18.4 Å². The fourth-order valence-corrected chi connectivity index (χ4v) is 4.29. The van der Waals surface area contributed by atoms with E-state index in [2.05, 4.69) is 12.6 Å². The second-order valence-electron chi connectivity index (χ2n) is 6.23. The summed E-state index contributed by atoms with van der Waals surface area (Å²) in [5, 5.41) is 14.8. The lowest BCUT2D eigenvalue weighted by Crippen LogP contribution is -2.21. The van der Waals surface area contributed by atoms with Crippen LogP contribution >= 0.6 is 12.6 Å². The van der Waals surface area contributed by atoms with Crippen LogP contribution < -0.4 is 16.6 Å². The molecule has 9 heteroatoms. The normalized spacial score (nSPS) is 11.5. The Balaban J connectivity index is 0.000000539. The molecule has 0 aliphatic carbocycles. The van der Waals surface area contributed by atoms with Gasteiger partial charge < -0.3 is 16.6 Å². The monoisotopic (exact) mass is 449 g/mol. The molecule has 7 nitrogen and oxygen atoms in total. The lowest BCUT2D eigenvalue weighted by atomic mass is 9.94. The van der Waals surface area contributed by atoms with Crippen LogP contribution in [0.25, 0.3) is 0 Å². The predicted octanol–water partition coefficient (Wildman–Crippen LogP) is 3.41. The Morgan fingerprint density at radius 3 is 1.90 bits per heavy atom. The number of benzene rings is 2. The Bertz CT molecular complexity index is 1050. The van der Waals surface area contributed by atoms with E-state index in [1.165, 1.54) is 0 Å². The van der Waals surface area contributed by atoms with Crippen LogP contribution in [0, 0.1) is 0 Å². The second kappa shape index (κ2) is 11.4. The molecule has 7 N–H and O–H groups in total. The van der Waals surface area contributed by atoms with Crippen LogP contribution in [0.3, 0.4) is 0 Å². The number of nitrogen functional groups attached to an aromatic ring is 2. The van der Waals surface area contributed by atoms with Crippen molar-refractivity contribution in [2.45, 2.75) is 36.5 Å². The zero-order valence-corrected chi connectivity index (χ0v) is 18.6. The minimum atomic E-state index is -4.18. The Hall–Kier alpha value is -2.75. The summed E-state index contributed by atoms with van der Waals surface area (Å²) < 4.78 is 23.9. The van der Waals surface area contributed by atoms with Crippen LogP contribution in [0.15, 0.2) is 64.4 Å². The zero-order valence-electron chi connectivity index (χ0n) is 16.9. The number of para-hydroxylation sites is 1. The first-order valence-corrected chi connectivity index (χ1v) is 11.0. The number of nitrogens with two attached hydrogens (primary N) is 3. The van der Waals surface area contributed by atoms with Crippen molar-refractivity contribution in [2.24, 2.45) is 5.14 Å². The number of carboxylic acid groups (broad SMARTS) is 1. The molecule has 2 aromatic carbocycles. The summed E-state index contributed by atoms with van der Waals surface area (Å²) in [6, 6.07) is 9.49. The van der Waals surface area contributed by atoms with E-state index in [1.807, 2.05) is 30.3 Å². The van der Waals surface area contributed by atoms with Gasteiger partial charge in [-0.3, -0.25) is 0 Å². The van der Waals surface area contributed by atoms with E-state index >= 15 is 0 Å². The number of primary sulfonamides is 1. The maximum atomic E-state index is 11.9. The van der Waals surface area contributed by atoms with E-state index in [4.69, 9.17) is 16.6 Å². The molecule has 0 fully saturated rings. The van der Waals surface area contributed by atoms with Crippen LogP contribution in [0.4, 0.5) is 11.4 Å². The van der Waals surface area contributed by atoms with E-state index in [9.17, 15) is 18.3 Å². The summed E-state index contributed by atoms with van der Waals surface area (Å²) in [6.07, 6.45) is 7.19. The van der Waals surface area contributed by atoms with Crippen molar-refractivity contribution in [3.05, 3.63) is 71.3 Å². The molecule has 0 aliphatic rings. The third kappa shape index (κ3) is 6.65. The van der Waals surface area contributed by atoms with Gasteiger partial charge in [0.05, 0.1) is 11.3 Å². The minimum Gasteiger partial charge on any atom is -0.478 e. The molecule has 0 saturated carbocycles. The first kappa shape index (κ1) is 25.3. The number of carbonyl (C=O) groups is 1. The van der Waals surface area contributed by atoms with Gasteiger partial charge in [-0.1, -0.05) is 42.5 Å². The Morgan fingerprint density at radius 1 is 1.03 bits per heavy atom. The van der Waals surface area contributed by atoms with Crippen LogP contribution in [0.1, 0.15) is 35.3 Å². The van der Waals surface area contributed by atoms with Crippen molar-refractivity contribution in [3.8, 4) is 0 Å². The summed E-state index contributed by atoms with van der Waals surface area (Å²) >= 11 is 4.18. The summed E-state index contributed by atoms with van der Waals surface area (Å²) in [6.45, 7) is 3.54. The first-order valence-electron chi connectivity index (χ1n) is 9.01. The molecule has 0 heterocycles. The van der Waals surface area contributed by atoms with Crippen molar-refractivity contribution in [1.29, 1.82) is 0 Å². The predicted molar refractivity (Wildman–Crippen MR) is 124 cm³/mol. The van der Waals surface area contributed by atoms with Gasteiger partial charge in [0.15, 0.2) is 0 Å². The fourth-order valence-electron chi connectivity index (χ4n) is 2.73. The Labute approximate surface area is 182 Å². The third-order valence-electron chi connectivity index (χ3n) is 4.09. The van der Waals surface area contributed by atoms with Crippen molar-refractivity contribution in [3.63, 3.8) is 0 Å². The zero-order chi connectivity index (χ0) is 22.9. The van der Waals surface area contributed by atoms with Crippen molar-refractivity contribution < 1.29 is 18.3 Å². The highest BCUT2D eigenvalue weighted by molar-refractivity contribution is 7.90. The number of thiol groups is 1. The van der Waals surface area contributed by atoms with Gasteiger partial charge in [-0.05, 0) is 49.9 Å². The Kier molecular flexibility index (Phi) is 9.64. The lowest BCUT2D eigenvalue weighted by molar-refractivity contribution is 0.0694. The SMILES string of the molecule is CC=CCc1c(N)c(S)c(S(N)(=O)=O)c(CC=CC)c1C(=O)O.Nc1ccccc1. The van der Waals surface area contributed by atoms with E-state index in [0.29, 0.717) is 5.56 Å². The average molecular weight is 450 g/mol. The number of aromatic carboxylic acids is 1. The Morgan fingerprint density at radius 2 is 1.53 bits per heavy atom. The molecule has 0 spiro atoms. The highest BCUT2D eigenvalue weighted by Crippen LogP contribution is 2.36. The molecule has 0 radical (unpaired) electrons. The number of allylic oxidation sites excluding steroid dienone is 4. The van der Waals surface area contributed by atoms with E-state index in [1.54, 1.807) is 38.2 Å². The maximum Gasteiger partial charge on any atom is 0.336 e. The topological polar surface area (TPSA) is 150 Å². The third-order valence-corrected chi connectivity index (χ3v) is 5.72. The summed E-state index contributed by atoms with van der Waals surface area (Å²) in [5.74, 6) is -1.26. The van der Waals surface area contributed by atoms with Crippen LogP contribution in [0.5, 0.6) is 0 Å².